The molecule has 0 atom stereocenters. The van der Waals surface area contributed by atoms with Crippen molar-refractivity contribution in [3.63, 3.8) is 0 Å². The number of benzene rings is 1. The van der Waals surface area contributed by atoms with E-state index in [0.717, 1.165) is 58.3 Å². The first kappa shape index (κ1) is 18.6. The quantitative estimate of drug-likeness (QED) is 0.447. The smallest absolute Gasteiger partial charge is 0.264 e. The van der Waals surface area contributed by atoms with Crippen molar-refractivity contribution in [1.29, 1.82) is 0 Å². The summed E-state index contributed by atoms with van der Waals surface area (Å²) < 4.78 is 7.29. The molecule has 0 N–H and O–H groups in total. The summed E-state index contributed by atoms with van der Waals surface area (Å²) in [5.74, 6) is 1.75. The molecule has 0 spiro atoms. The number of aromatic nitrogens is 2. The number of aryl methyl sites for hydroxylation is 1. The number of piperidine rings is 1. The molecular formula is C22H23N3O2S2. The van der Waals surface area contributed by atoms with Crippen molar-refractivity contribution in [1.82, 2.24) is 14.3 Å². The Balaban J connectivity index is 1.17. The summed E-state index contributed by atoms with van der Waals surface area (Å²) in [4.78, 5) is 22.4. The Kier molecular flexibility index (Phi) is 5.01. The lowest BCUT2D eigenvalue weighted by atomic mass is 9.90. The van der Waals surface area contributed by atoms with E-state index in [4.69, 9.17) is 4.74 Å². The van der Waals surface area contributed by atoms with E-state index in [9.17, 15) is 4.79 Å². The number of fused-ring (bicyclic) bond motifs is 3. The van der Waals surface area contributed by atoms with Gasteiger partial charge in [0.2, 0.25) is 0 Å². The highest BCUT2D eigenvalue weighted by Crippen LogP contribution is 2.30. The Bertz CT molecular complexity index is 1130. The lowest BCUT2D eigenvalue weighted by molar-refractivity contribution is 0.0692. The van der Waals surface area contributed by atoms with Crippen LogP contribution in [0, 0.1) is 5.92 Å². The number of thiazole rings is 1. The SMILES string of the molecule is COc1ccc(CCC2CCN(C(=O)c3cc4c(nc5sccn54)s3)CC2)cc1. The summed E-state index contributed by atoms with van der Waals surface area (Å²) in [6, 6.07) is 10.4. The normalized spacial score (nSPS) is 15.4. The fourth-order valence-corrected chi connectivity index (χ4v) is 5.86. The molecule has 4 aromatic rings. The van der Waals surface area contributed by atoms with Crippen LogP contribution >= 0.6 is 22.7 Å². The van der Waals surface area contributed by atoms with E-state index < -0.39 is 0 Å². The number of methoxy groups -OCH3 is 1. The molecule has 0 aliphatic carbocycles. The Labute approximate surface area is 177 Å². The van der Waals surface area contributed by atoms with Crippen molar-refractivity contribution >= 4 is 43.9 Å². The van der Waals surface area contributed by atoms with Gasteiger partial charge in [-0.1, -0.05) is 12.1 Å². The van der Waals surface area contributed by atoms with Gasteiger partial charge in [-0.25, -0.2) is 4.98 Å². The summed E-state index contributed by atoms with van der Waals surface area (Å²) in [5.41, 5.74) is 2.40. The average molecular weight is 426 g/mol. The van der Waals surface area contributed by atoms with Gasteiger partial charge < -0.3 is 9.64 Å². The topological polar surface area (TPSA) is 46.8 Å². The van der Waals surface area contributed by atoms with Gasteiger partial charge in [0.15, 0.2) is 4.96 Å². The first-order valence-corrected chi connectivity index (χ1v) is 11.7. The second-order valence-corrected chi connectivity index (χ2v) is 9.49. The third-order valence-corrected chi connectivity index (χ3v) is 7.62. The van der Waals surface area contributed by atoms with Crippen LogP contribution < -0.4 is 4.74 Å². The molecule has 1 aliphatic rings. The van der Waals surface area contributed by atoms with Crippen LogP contribution in [0.4, 0.5) is 0 Å². The van der Waals surface area contributed by atoms with Crippen molar-refractivity contribution in [3.05, 3.63) is 52.3 Å². The van der Waals surface area contributed by atoms with Gasteiger partial charge in [0, 0.05) is 24.7 Å². The molecule has 0 saturated carbocycles. The fourth-order valence-electron chi connectivity index (χ4n) is 4.10. The zero-order valence-electron chi connectivity index (χ0n) is 16.3. The predicted octanol–water partition coefficient (Wildman–Crippen LogP) is 5.10. The molecule has 3 aromatic heterocycles. The number of rotatable bonds is 5. The summed E-state index contributed by atoms with van der Waals surface area (Å²) in [7, 11) is 1.70. The standard InChI is InChI=1S/C22H23N3O2S2/c1-27-17-6-4-15(5-7-17)2-3-16-8-10-24(11-9-16)21(26)19-14-18-20(29-19)23-22-25(18)12-13-28-22/h4-7,12-14,16H,2-3,8-11H2,1H3. The fraction of sp³-hybridized carbons (Fsp3) is 0.364. The molecule has 1 aliphatic heterocycles. The summed E-state index contributed by atoms with van der Waals surface area (Å²) in [6.45, 7) is 1.70. The van der Waals surface area contributed by atoms with Crippen LogP contribution in [0.5, 0.6) is 5.75 Å². The van der Waals surface area contributed by atoms with Crippen LogP contribution in [0.1, 0.15) is 34.5 Å². The van der Waals surface area contributed by atoms with Crippen molar-refractivity contribution in [2.75, 3.05) is 20.2 Å². The van der Waals surface area contributed by atoms with E-state index in [-0.39, 0.29) is 5.91 Å². The molecule has 5 nitrogen and oxygen atoms in total. The number of ether oxygens (including phenoxy) is 1. The van der Waals surface area contributed by atoms with Gasteiger partial charge in [0.05, 0.1) is 17.5 Å². The monoisotopic (exact) mass is 425 g/mol. The van der Waals surface area contributed by atoms with Crippen LogP contribution in [0.15, 0.2) is 41.9 Å². The van der Waals surface area contributed by atoms with E-state index in [1.807, 2.05) is 34.7 Å². The second-order valence-electron chi connectivity index (χ2n) is 7.59. The third-order valence-electron chi connectivity index (χ3n) is 5.85. The summed E-state index contributed by atoms with van der Waals surface area (Å²) in [6.07, 6.45) is 6.45. The molecule has 0 bridgehead atoms. The number of hydrogen-bond donors (Lipinski definition) is 0. The number of carbonyl (C=O) groups is 1. The molecule has 0 radical (unpaired) electrons. The van der Waals surface area contributed by atoms with E-state index in [1.165, 1.54) is 23.3 Å². The molecule has 7 heteroatoms. The van der Waals surface area contributed by atoms with Gasteiger partial charge >= 0.3 is 0 Å². The van der Waals surface area contributed by atoms with E-state index in [1.54, 1.807) is 18.4 Å². The molecule has 5 rings (SSSR count). The number of thiophene rings is 1. The van der Waals surface area contributed by atoms with Gasteiger partial charge in [-0.2, -0.15) is 0 Å². The van der Waals surface area contributed by atoms with Crippen molar-refractivity contribution in [3.8, 4) is 5.75 Å². The zero-order valence-corrected chi connectivity index (χ0v) is 18.0. The number of carbonyl (C=O) groups excluding carboxylic acids is 1. The number of imidazole rings is 1. The van der Waals surface area contributed by atoms with Gasteiger partial charge in [0.25, 0.3) is 5.91 Å². The first-order chi connectivity index (χ1) is 14.2. The number of hydrogen-bond acceptors (Lipinski definition) is 5. The molecule has 1 saturated heterocycles. The Morgan fingerprint density at radius 1 is 1.24 bits per heavy atom. The number of amides is 1. The molecule has 29 heavy (non-hydrogen) atoms. The number of likely N-dealkylation sites (tertiary alicyclic amines) is 1. The summed E-state index contributed by atoms with van der Waals surface area (Å²) >= 11 is 3.14. The van der Waals surface area contributed by atoms with Crippen LogP contribution in [0.3, 0.4) is 0 Å². The van der Waals surface area contributed by atoms with E-state index in [2.05, 4.69) is 21.5 Å². The largest absolute Gasteiger partial charge is 0.497 e. The lowest BCUT2D eigenvalue weighted by Gasteiger charge is -2.31. The minimum atomic E-state index is 0.158. The van der Waals surface area contributed by atoms with E-state index in [0.29, 0.717) is 5.92 Å². The second kappa shape index (κ2) is 7.80. The Morgan fingerprint density at radius 3 is 2.79 bits per heavy atom. The molecule has 0 unspecified atom stereocenters. The number of nitrogens with zero attached hydrogens (tertiary/aromatic N) is 3. The zero-order chi connectivity index (χ0) is 19.8. The molecule has 1 aromatic carbocycles. The first-order valence-electron chi connectivity index (χ1n) is 9.98. The van der Waals surface area contributed by atoms with Crippen molar-refractivity contribution in [2.24, 2.45) is 5.92 Å². The van der Waals surface area contributed by atoms with Crippen molar-refractivity contribution < 1.29 is 9.53 Å². The predicted molar refractivity (Wildman–Crippen MR) is 118 cm³/mol. The Morgan fingerprint density at radius 2 is 2.03 bits per heavy atom. The molecule has 1 fully saturated rings. The van der Waals surface area contributed by atoms with Crippen molar-refractivity contribution in [2.45, 2.75) is 25.7 Å². The van der Waals surface area contributed by atoms with Gasteiger partial charge in [-0.3, -0.25) is 9.20 Å². The van der Waals surface area contributed by atoms with E-state index >= 15 is 0 Å². The summed E-state index contributed by atoms with van der Waals surface area (Å²) in [5, 5.41) is 2.03. The highest BCUT2D eigenvalue weighted by molar-refractivity contribution is 7.21. The lowest BCUT2D eigenvalue weighted by Crippen LogP contribution is -2.38. The Hall–Kier alpha value is -2.38. The maximum atomic E-state index is 13.0. The van der Waals surface area contributed by atoms with Gasteiger partial charge in [0.1, 0.15) is 10.6 Å². The third kappa shape index (κ3) is 3.65. The van der Waals surface area contributed by atoms with Crippen LogP contribution in [-0.2, 0) is 6.42 Å². The highest BCUT2D eigenvalue weighted by Gasteiger charge is 2.25. The maximum absolute atomic E-state index is 13.0. The minimum absolute atomic E-state index is 0.158. The molecule has 4 heterocycles. The maximum Gasteiger partial charge on any atom is 0.264 e. The van der Waals surface area contributed by atoms with Gasteiger partial charge in [-0.05, 0) is 55.4 Å². The van der Waals surface area contributed by atoms with Gasteiger partial charge in [-0.15, -0.1) is 22.7 Å². The highest BCUT2D eigenvalue weighted by atomic mass is 32.1. The van der Waals surface area contributed by atoms with Crippen LogP contribution in [0.2, 0.25) is 0 Å². The molecular weight excluding hydrogens is 402 g/mol. The molecule has 150 valence electrons. The average Bonchev–Trinajstić information content (AvgIpc) is 3.45. The van der Waals surface area contributed by atoms with Crippen LogP contribution in [-0.4, -0.2) is 40.4 Å². The minimum Gasteiger partial charge on any atom is -0.497 e. The molecule has 1 amide bonds. The van der Waals surface area contributed by atoms with Crippen LogP contribution in [0.25, 0.3) is 15.3 Å².